The molecular weight excluding hydrogens is 426 g/mol. The Bertz CT molecular complexity index is 1230. The number of hydrogen-bond donors (Lipinski definition) is 1. The Balaban J connectivity index is 1.54. The van der Waals surface area contributed by atoms with Crippen LogP contribution in [-0.2, 0) is 16.0 Å². The third-order valence-electron chi connectivity index (χ3n) is 5.00. The van der Waals surface area contributed by atoms with Crippen LogP contribution in [0.2, 0.25) is 0 Å². The fraction of sp³-hybridized carbons (Fsp3) is 0.190. The molecule has 1 N–H and O–H groups in total. The maximum absolute atomic E-state index is 14.0. The highest BCUT2D eigenvalue weighted by molar-refractivity contribution is 7.14. The molecule has 1 aliphatic rings. The first kappa shape index (κ1) is 20.7. The highest BCUT2D eigenvalue weighted by Crippen LogP contribution is 2.32. The average molecular weight is 442 g/mol. The second kappa shape index (κ2) is 7.95. The van der Waals surface area contributed by atoms with Gasteiger partial charge in [-0.15, -0.1) is 11.3 Å². The zero-order chi connectivity index (χ0) is 22.3. The number of amides is 2. The summed E-state index contributed by atoms with van der Waals surface area (Å²) in [6.45, 7) is 1.52. The lowest BCUT2D eigenvalue weighted by Crippen LogP contribution is -2.41. The molecule has 1 aliphatic heterocycles. The molecule has 0 bridgehead atoms. The van der Waals surface area contributed by atoms with Gasteiger partial charge in [-0.1, -0.05) is 0 Å². The van der Waals surface area contributed by atoms with Gasteiger partial charge < -0.3 is 10.2 Å². The summed E-state index contributed by atoms with van der Waals surface area (Å²) >= 11 is 1.08. The molecule has 0 fully saturated rings. The number of ketones is 1. The lowest BCUT2D eigenvalue weighted by molar-refractivity contribution is -0.120. The summed E-state index contributed by atoms with van der Waals surface area (Å²) in [7, 11) is 1.57. The van der Waals surface area contributed by atoms with Crippen LogP contribution in [0.1, 0.15) is 23.0 Å². The van der Waals surface area contributed by atoms with Gasteiger partial charge in [-0.25, -0.2) is 13.8 Å². The molecule has 7 nitrogen and oxygen atoms in total. The van der Waals surface area contributed by atoms with Crippen molar-refractivity contribution in [2.24, 2.45) is 5.92 Å². The van der Waals surface area contributed by atoms with Gasteiger partial charge in [0, 0.05) is 30.3 Å². The molecule has 2 aromatic heterocycles. The number of carbonyl (C=O) groups is 3. The van der Waals surface area contributed by atoms with Crippen molar-refractivity contribution in [2.45, 2.75) is 13.3 Å². The summed E-state index contributed by atoms with van der Waals surface area (Å²) in [5, 5.41) is 4.37. The van der Waals surface area contributed by atoms with Gasteiger partial charge in [0.2, 0.25) is 11.8 Å². The van der Waals surface area contributed by atoms with Crippen molar-refractivity contribution >= 4 is 39.8 Å². The predicted octanol–water partition coefficient (Wildman–Crippen LogP) is 3.46. The van der Waals surface area contributed by atoms with Gasteiger partial charge in [-0.3, -0.25) is 19.4 Å². The average Bonchev–Trinajstić information content (AvgIpc) is 3.18. The molecule has 0 radical (unpaired) electrons. The molecule has 0 spiro atoms. The second-order valence-electron chi connectivity index (χ2n) is 7.02. The van der Waals surface area contributed by atoms with E-state index in [1.165, 1.54) is 24.1 Å². The third-order valence-corrected chi connectivity index (χ3v) is 5.75. The normalized spacial score (nSPS) is 15.7. The number of halogens is 2. The van der Waals surface area contributed by atoms with Gasteiger partial charge in [-0.2, -0.15) is 0 Å². The monoisotopic (exact) mass is 442 g/mol. The van der Waals surface area contributed by atoms with E-state index in [9.17, 15) is 23.2 Å². The van der Waals surface area contributed by atoms with E-state index in [-0.39, 0.29) is 45.8 Å². The fourth-order valence-electron chi connectivity index (χ4n) is 3.38. The summed E-state index contributed by atoms with van der Waals surface area (Å²) in [5.74, 6) is -3.47. The standard InChI is InChI=1S/C21H16F2N4O3S/c1-10-19(29)18-14(24-6-5-16(18)27(2)20(10)30)8-17(28)26-21-25-15(9-31-21)12-4-3-11(22)7-13(12)23/h3-7,9-10H,8H2,1-2H3,(H,25,26,28). The Kier molecular flexibility index (Phi) is 5.32. The molecule has 2 amide bonds. The quantitative estimate of drug-likeness (QED) is 0.625. The smallest absolute Gasteiger partial charge is 0.237 e. The van der Waals surface area contributed by atoms with Crippen LogP contribution in [0, 0.1) is 17.6 Å². The van der Waals surface area contributed by atoms with Crippen LogP contribution >= 0.6 is 11.3 Å². The Labute approximate surface area is 179 Å². The first-order chi connectivity index (χ1) is 14.8. The maximum atomic E-state index is 14.0. The number of aromatic nitrogens is 2. The number of rotatable bonds is 4. The second-order valence-corrected chi connectivity index (χ2v) is 7.88. The van der Waals surface area contributed by atoms with Crippen molar-refractivity contribution in [3.63, 3.8) is 0 Å². The maximum Gasteiger partial charge on any atom is 0.237 e. The van der Waals surface area contributed by atoms with Crippen molar-refractivity contribution in [1.82, 2.24) is 9.97 Å². The molecule has 10 heteroatoms. The van der Waals surface area contributed by atoms with Gasteiger partial charge in [0.05, 0.1) is 35.0 Å². The Hall–Kier alpha value is -3.53. The van der Waals surface area contributed by atoms with E-state index in [0.29, 0.717) is 5.69 Å². The largest absolute Gasteiger partial charge is 0.314 e. The lowest BCUT2D eigenvalue weighted by atomic mass is 9.90. The molecule has 0 aliphatic carbocycles. The highest BCUT2D eigenvalue weighted by atomic mass is 32.1. The van der Waals surface area contributed by atoms with Gasteiger partial charge in [0.15, 0.2) is 10.9 Å². The van der Waals surface area contributed by atoms with Crippen LogP contribution in [0.25, 0.3) is 11.3 Å². The molecular formula is C21H16F2N4O3S. The summed E-state index contributed by atoms with van der Waals surface area (Å²) in [5.41, 5.74) is 1.30. The number of fused-ring (bicyclic) bond motifs is 1. The number of pyridine rings is 1. The summed E-state index contributed by atoms with van der Waals surface area (Å²) in [6.07, 6.45) is 1.23. The van der Waals surface area contributed by atoms with Crippen molar-refractivity contribution in [3.05, 3.63) is 58.7 Å². The highest BCUT2D eigenvalue weighted by Gasteiger charge is 2.36. The SMILES string of the molecule is CC1C(=O)c2c(ccnc2CC(=O)Nc2nc(-c3ccc(F)cc3F)cs2)N(C)C1=O. The number of carbonyl (C=O) groups excluding carboxylic acids is 3. The molecule has 158 valence electrons. The molecule has 3 heterocycles. The van der Waals surface area contributed by atoms with Crippen molar-refractivity contribution in [1.29, 1.82) is 0 Å². The van der Waals surface area contributed by atoms with Gasteiger partial charge in [0.1, 0.15) is 11.6 Å². The minimum atomic E-state index is -0.851. The first-order valence-corrected chi connectivity index (χ1v) is 10.1. The minimum Gasteiger partial charge on any atom is -0.314 e. The Morgan fingerprint density at radius 3 is 2.77 bits per heavy atom. The summed E-state index contributed by atoms with van der Waals surface area (Å²) in [6, 6.07) is 4.72. The van der Waals surface area contributed by atoms with Crippen LogP contribution in [0.5, 0.6) is 0 Å². The zero-order valence-electron chi connectivity index (χ0n) is 16.5. The van der Waals surface area contributed by atoms with E-state index < -0.39 is 23.5 Å². The number of nitrogens with one attached hydrogen (secondary N) is 1. The van der Waals surface area contributed by atoms with E-state index in [1.807, 2.05) is 0 Å². The topological polar surface area (TPSA) is 92.3 Å². The van der Waals surface area contributed by atoms with Crippen LogP contribution < -0.4 is 10.2 Å². The first-order valence-electron chi connectivity index (χ1n) is 9.26. The summed E-state index contributed by atoms with van der Waals surface area (Å²) < 4.78 is 27.1. The van der Waals surface area contributed by atoms with Crippen LogP contribution in [0.4, 0.5) is 19.6 Å². The van der Waals surface area contributed by atoms with Crippen molar-refractivity contribution in [2.75, 3.05) is 17.3 Å². The van der Waals surface area contributed by atoms with E-state index in [1.54, 1.807) is 18.5 Å². The molecule has 4 rings (SSSR count). The van der Waals surface area contributed by atoms with Crippen LogP contribution in [0.15, 0.2) is 35.8 Å². The number of benzene rings is 1. The zero-order valence-corrected chi connectivity index (χ0v) is 17.3. The summed E-state index contributed by atoms with van der Waals surface area (Å²) in [4.78, 5) is 47.1. The number of nitrogens with zero attached hydrogens (tertiary/aromatic N) is 3. The van der Waals surface area contributed by atoms with Gasteiger partial charge in [0.25, 0.3) is 0 Å². The van der Waals surface area contributed by atoms with E-state index in [0.717, 1.165) is 23.5 Å². The van der Waals surface area contributed by atoms with Crippen molar-refractivity contribution in [3.8, 4) is 11.3 Å². The van der Waals surface area contributed by atoms with Gasteiger partial charge in [-0.05, 0) is 25.1 Å². The Morgan fingerprint density at radius 1 is 1.26 bits per heavy atom. The molecule has 1 aromatic carbocycles. The third kappa shape index (κ3) is 3.81. The van der Waals surface area contributed by atoms with E-state index >= 15 is 0 Å². The van der Waals surface area contributed by atoms with Crippen molar-refractivity contribution < 1.29 is 23.2 Å². The molecule has 31 heavy (non-hydrogen) atoms. The fourth-order valence-corrected chi connectivity index (χ4v) is 4.11. The number of anilines is 2. The molecule has 3 aromatic rings. The number of hydrogen-bond acceptors (Lipinski definition) is 6. The minimum absolute atomic E-state index is 0.115. The molecule has 0 saturated heterocycles. The molecule has 1 unspecified atom stereocenters. The predicted molar refractivity (Wildman–Crippen MR) is 111 cm³/mol. The van der Waals surface area contributed by atoms with E-state index in [2.05, 4.69) is 15.3 Å². The Morgan fingerprint density at radius 2 is 2.03 bits per heavy atom. The molecule has 1 atom stereocenters. The molecule has 0 saturated carbocycles. The number of Topliss-reactive ketones (excluding diaryl/α,β-unsaturated/α-hetero) is 1. The van der Waals surface area contributed by atoms with Crippen LogP contribution in [-0.4, -0.2) is 34.6 Å². The lowest BCUT2D eigenvalue weighted by Gasteiger charge is -2.29. The van der Waals surface area contributed by atoms with Crippen LogP contribution in [0.3, 0.4) is 0 Å². The van der Waals surface area contributed by atoms with E-state index in [4.69, 9.17) is 0 Å². The van der Waals surface area contributed by atoms with Gasteiger partial charge >= 0.3 is 0 Å². The number of thiazole rings is 1.